The number of hydrogen-bond acceptors (Lipinski definition) is 5. The molecule has 0 radical (unpaired) electrons. The predicted molar refractivity (Wildman–Crippen MR) is 97.8 cm³/mol. The molecule has 1 aliphatic heterocycles. The summed E-state index contributed by atoms with van der Waals surface area (Å²) >= 11 is 5.23. The van der Waals surface area contributed by atoms with Crippen LogP contribution >= 0.6 is 12.2 Å². The van der Waals surface area contributed by atoms with Crippen LogP contribution in [-0.4, -0.2) is 22.0 Å². The van der Waals surface area contributed by atoms with Crippen molar-refractivity contribution in [1.82, 2.24) is 10.2 Å². The number of ether oxygens (including phenoxy) is 1. The maximum absolute atomic E-state index is 12.4. The number of thiocarbonyl (C=S) groups is 1. The minimum Gasteiger partial charge on any atom is -0.486 e. The molecule has 4 rings (SSSR count). The molecule has 1 N–H and O–H groups in total. The van der Waals surface area contributed by atoms with E-state index in [0.29, 0.717) is 33.6 Å². The minimum atomic E-state index is -0.107. The number of amides is 1. The van der Waals surface area contributed by atoms with E-state index in [0.717, 1.165) is 12.8 Å². The van der Waals surface area contributed by atoms with Gasteiger partial charge in [0, 0.05) is 12.1 Å². The Morgan fingerprint density at radius 3 is 2.77 bits per heavy atom. The number of nitriles is 1. The van der Waals surface area contributed by atoms with Gasteiger partial charge in [0.15, 0.2) is 5.11 Å². The van der Waals surface area contributed by atoms with Crippen molar-refractivity contribution in [3.63, 3.8) is 0 Å². The van der Waals surface area contributed by atoms with Gasteiger partial charge in [0.25, 0.3) is 5.91 Å². The Hall–Kier alpha value is -3.11. The second-order valence-corrected chi connectivity index (χ2v) is 6.51. The number of furan rings is 1. The maximum atomic E-state index is 12.4. The van der Waals surface area contributed by atoms with Gasteiger partial charge >= 0.3 is 0 Å². The van der Waals surface area contributed by atoms with Crippen molar-refractivity contribution in [2.75, 3.05) is 0 Å². The minimum absolute atomic E-state index is 0.107. The average Bonchev–Trinajstić information content (AvgIpc) is 3.31. The van der Waals surface area contributed by atoms with Crippen LogP contribution in [0.15, 0.2) is 46.5 Å². The number of carbonyl (C=O) groups excluding carboxylic acids is 1. The van der Waals surface area contributed by atoms with Crippen molar-refractivity contribution in [3.8, 4) is 11.8 Å². The van der Waals surface area contributed by atoms with Gasteiger partial charge in [-0.3, -0.25) is 9.69 Å². The Morgan fingerprint density at radius 2 is 2.08 bits per heavy atom. The molecule has 1 aliphatic carbocycles. The molecular weight excluding hydrogens is 350 g/mol. The molecule has 26 heavy (non-hydrogen) atoms. The summed E-state index contributed by atoms with van der Waals surface area (Å²) in [5.41, 5.74) is 1.01. The quantitative estimate of drug-likeness (QED) is 0.648. The Labute approximate surface area is 155 Å². The van der Waals surface area contributed by atoms with Gasteiger partial charge in [0.1, 0.15) is 29.6 Å². The Kier molecular flexibility index (Phi) is 4.19. The highest BCUT2D eigenvalue weighted by Crippen LogP contribution is 2.31. The monoisotopic (exact) mass is 365 g/mol. The van der Waals surface area contributed by atoms with Crippen LogP contribution in [0, 0.1) is 11.3 Å². The van der Waals surface area contributed by atoms with Gasteiger partial charge in [-0.25, -0.2) is 0 Å². The molecular formula is C19H15N3O3S. The molecule has 1 saturated heterocycles. The first-order chi connectivity index (χ1) is 12.6. The highest BCUT2D eigenvalue weighted by molar-refractivity contribution is 7.80. The number of benzene rings is 1. The lowest BCUT2D eigenvalue weighted by Gasteiger charge is -2.11. The number of hydrogen-bond donors (Lipinski definition) is 1. The van der Waals surface area contributed by atoms with Gasteiger partial charge in [0.05, 0.1) is 11.6 Å². The smallest absolute Gasteiger partial charge is 0.276 e. The fourth-order valence-corrected chi connectivity index (χ4v) is 3.03. The number of carbonyl (C=O) groups is 1. The predicted octanol–water partition coefficient (Wildman–Crippen LogP) is 2.95. The molecule has 0 spiro atoms. The van der Waals surface area contributed by atoms with Crippen molar-refractivity contribution < 1.29 is 13.9 Å². The van der Waals surface area contributed by atoms with Crippen LogP contribution in [0.2, 0.25) is 0 Å². The molecule has 1 aromatic carbocycles. The normalized spacial score (nSPS) is 18.1. The number of nitrogens with one attached hydrogen (secondary N) is 1. The van der Waals surface area contributed by atoms with E-state index in [-0.39, 0.29) is 18.6 Å². The van der Waals surface area contributed by atoms with Crippen molar-refractivity contribution in [2.24, 2.45) is 0 Å². The first-order valence-corrected chi connectivity index (χ1v) is 8.63. The second-order valence-electron chi connectivity index (χ2n) is 6.12. The zero-order valence-corrected chi connectivity index (χ0v) is 14.6. The summed E-state index contributed by atoms with van der Waals surface area (Å²) in [4.78, 5) is 14.0. The van der Waals surface area contributed by atoms with E-state index in [1.165, 1.54) is 0 Å². The van der Waals surface area contributed by atoms with E-state index in [9.17, 15) is 4.79 Å². The Morgan fingerprint density at radius 1 is 1.31 bits per heavy atom. The van der Waals surface area contributed by atoms with Crippen molar-refractivity contribution >= 4 is 29.3 Å². The van der Waals surface area contributed by atoms with Crippen LogP contribution in [0.5, 0.6) is 5.75 Å². The van der Waals surface area contributed by atoms with Crippen molar-refractivity contribution in [1.29, 1.82) is 5.26 Å². The van der Waals surface area contributed by atoms with Gasteiger partial charge in [0.2, 0.25) is 0 Å². The molecule has 2 fully saturated rings. The maximum Gasteiger partial charge on any atom is 0.276 e. The largest absolute Gasteiger partial charge is 0.486 e. The summed E-state index contributed by atoms with van der Waals surface area (Å²) in [6.07, 6.45) is 3.65. The number of rotatable bonds is 5. The first-order valence-electron chi connectivity index (χ1n) is 8.22. The second kappa shape index (κ2) is 6.65. The van der Waals surface area contributed by atoms with Gasteiger partial charge in [-0.15, -0.1) is 0 Å². The third kappa shape index (κ3) is 3.32. The summed E-state index contributed by atoms with van der Waals surface area (Å²) in [5.74, 6) is 1.73. The fraction of sp³-hybridized carbons (Fsp3) is 0.211. The molecule has 6 nitrogen and oxygen atoms in total. The van der Waals surface area contributed by atoms with Crippen LogP contribution in [0.4, 0.5) is 0 Å². The summed E-state index contributed by atoms with van der Waals surface area (Å²) < 4.78 is 11.3. The molecule has 0 atom stereocenters. The van der Waals surface area contributed by atoms with E-state index in [1.54, 1.807) is 47.4 Å². The lowest BCUT2D eigenvalue weighted by Crippen LogP contribution is -2.32. The molecule has 2 aromatic rings. The van der Waals surface area contributed by atoms with Crippen molar-refractivity contribution in [2.45, 2.75) is 25.5 Å². The van der Waals surface area contributed by atoms with Crippen LogP contribution in [-0.2, 0) is 11.4 Å². The molecule has 1 saturated carbocycles. The lowest BCUT2D eigenvalue weighted by molar-refractivity contribution is -0.122. The molecule has 2 heterocycles. The first kappa shape index (κ1) is 16.4. The molecule has 2 aliphatic rings. The number of nitrogens with zero attached hydrogens (tertiary/aromatic N) is 2. The summed E-state index contributed by atoms with van der Waals surface area (Å²) in [6.45, 7) is 0.253. The highest BCUT2D eigenvalue weighted by atomic mass is 32.1. The molecule has 1 amide bonds. The SMILES string of the molecule is N#Cc1ccc(OCc2ccc(/C=C3/NC(=S)N(C4CC4)C3=O)o2)cc1. The van der Waals surface area contributed by atoms with E-state index >= 15 is 0 Å². The molecule has 130 valence electrons. The fourth-order valence-electron chi connectivity index (χ4n) is 2.69. The summed E-state index contributed by atoms with van der Waals surface area (Å²) in [5, 5.41) is 12.2. The molecule has 0 bridgehead atoms. The van der Waals surface area contributed by atoms with Crippen LogP contribution in [0.3, 0.4) is 0 Å². The average molecular weight is 365 g/mol. The zero-order valence-electron chi connectivity index (χ0n) is 13.8. The van der Waals surface area contributed by atoms with E-state index in [4.69, 9.17) is 26.6 Å². The van der Waals surface area contributed by atoms with Crippen LogP contribution < -0.4 is 10.1 Å². The molecule has 1 aromatic heterocycles. The topological polar surface area (TPSA) is 78.5 Å². The standard InChI is InChI=1S/C19H15N3O3S/c20-10-12-1-5-14(6-2-12)24-11-16-8-7-15(25-16)9-17-18(23)22(13-3-4-13)19(26)21-17/h1-2,5-9,13H,3-4,11H2,(H,21,26)/b17-9+. The molecule has 0 unspecified atom stereocenters. The van der Waals surface area contributed by atoms with E-state index in [1.807, 2.05) is 0 Å². The molecule has 7 heteroatoms. The summed E-state index contributed by atoms with van der Waals surface area (Å²) in [6, 6.07) is 12.7. The van der Waals surface area contributed by atoms with Crippen LogP contribution in [0.1, 0.15) is 29.9 Å². The summed E-state index contributed by atoms with van der Waals surface area (Å²) in [7, 11) is 0. The lowest BCUT2D eigenvalue weighted by atomic mass is 10.2. The third-order valence-corrected chi connectivity index (χ3v) is 4.45. The van der Waals surface area contributed by atoms with Gasteiger partial charge in [-0.05, 0) is 61.5 Å². The van der Waals surface area contributed by atoms with E-state index in [2.05, 4.69) is 11.4 Å². The van der Waals surface area contributed by atoms with Crippen LogP contribution in [0.25, 0.3) is 6.08 Å². The Bertz CT molecular complexity index is 936. The zero-order chi connectivity index (χ0) is 18.1. The van der Waals surface area contributed by atoms with Gasteiger partial charge in [-0.2, -0.15) is 5.26 Å². The third-order valence-electron chi connectivity index (χ3n) is 4.16. The highest BCUT2D eigenvalue weighted by Gasteiger charge is 2.41. The van der Waals surface area contributed by atoms with Crippen molar-refractivity contribution in [3.05, 3.63) is 59.2 Å². The Balaban J connectivity index is 1.40. The van der Waals surface area contributed by atoms with Gasteiger partial charge < -0.3 is 14.5 Å². The van der Waals surface area contributed by atoms with Gasteiger partial charge in [-0.1, -0.05) is 0 Å². The van der Waals surface area contributed by atoms with E-state index < -0.39 is 0 Å².